The zero-order chi connectivity index (χ0) is 15.9. The summed E-state index contributed by atoms with van der Waals surface area (Å²) in [6.07, 6.45) is 3.27. The topological polar surface area (TPSA) is 61.4 Å². The summed E-state index contributed by atoms with van der Waals surface area (Å²) in [5.74, 6) is 0.377. The molecule has 0 radical (unpaired) electrons. The van der Waals surface area contributed by atoms with Crippen molar-refractivity contribution in [3.05, 3.63) is 35.4 Å². The number of halogens is 1. The zero-order valence-electron chi connectivity index (χ0n) is 13.7. The maximum Gasteiger partial charge on any atom is 0.240 e. The van der Waals surface area contributed by atoms with Crippen molar-refractivity contribution in [3.8, 4) is 0 Å². The van der Waals surface area contributed by atoms with Crippen LogP contribution in [-0.4, -0.2) is 42.4 Å². The lowest BCUT2D eigenvalue weighted by atomic mass is 9.77. The molecule has 0 saturated carbocycles. The fourth-order valence-corrected chi connectivity index (χ4v) is 4.16. The molecular weight excluding hydrogens is 326 g/mol. The van der Waals surface area contributed by atoms with Crippen molar-refractivity contribution >= 4 is 24.2 Å². The Labute approximate surface area is 148 Å². The molecule has 130 valence electrons. The minimum Gasteiger partial charge on any atom is -0.356 e. The van der Waals surface area contributed by atoms with Crippen LogP contribution < -0.4 is 10.6 Å². The van der Waals surface area contributed by atoms with Gasteiger partial charge in [0.1, 0.15) is 0 Å². The molecule has 0 unspecified atom stereocenters. The van der Waals surface area contributed by atoms with Crippen molar-refractivity contribution in [2.24, 2.45) is 5.41 Å². The highest BCUT2D eigenvalue weighted by Gasteiger charge is 2.42. The Kier molecular flexibility index (Phi) is 4.83. The van der Waals surface area contributed by atoms with E-state index in [0.29, 0.717) is 6.42 Å². The normalized spacial score (nSPS) is 24.9. The van der Waals surface area contributed by atoms with Crippen molar-refractivity contribution in [1.82, 2.24) is 15.5 Å². The molecule has 0 aromatic heterocycles. The van der Waals surface area contributed by atoms with Gasteiger partial charge in [-0.3, -0.25) is 9.59 Å². The Hall–Kier alpha value is -1.59. The highest BCUT2D eigenvalue weighted by Crippen LogP contribution is 2.37. The first-order valence-corrected chi connectivity index (χ1v) is 8.51. The third-order valence-electron chi connectivity index (χ3n) is 5.71. The number of rotatable bonds is 1. The number of piperidine rings is 1. The van der Waals surface area contributed by atoms with Crippen molar-refractivity contribution in [2.45, 2.75) is 38.3 Å². The van der Waals surface area contributed by atoms with E-state index in [1.54, 1.807) is 0 Å². The molecule has 2 saturated heterocycles. The minimum absolute atomic E-state index is 0. The highest BCUT2D eigenvalue weighted by molar-refractivity contribution is 5.85. The van der Waals surface area contributed by atoms with E-state index in [9.17, 15) is 9.59 Å². The van der Waals surface area contributed by atoms with Crippen LogP contribution in [0.1, 0.15) is 30.4 Å². The van der Waals surface area contributed by atoms with Gasteiger partial charge in [-0.15, -0.1) is 12.4 Å². The van der Waals surface area contributed by atoms with Crippen LogP contribution in [0.4, 0.5) is 0 Å². The number of fused-ring (bicyclic) bond motifs is 1. The predicted octanol–water partition coefficient (Wildman–Crippen LogP) is 1.25. The second-order valence-electron chi connectivity index (χ2n) is 7.19. The Morgan fingerprint density at radius 1 is 1.17 bits per heavy atom. The van der Waals surface area contributed by atoms with Crippen LogP contribution in [-0.2, 0) is 22.6 Å². The zero-order valence-corrected chi connectivity index (χ0v) is 14.5. The maximum absolute atomic E-state index is 12.8. The monoisotopic (exact) mass is 349 g/mol. The fraction of sp³-hybridized carbons (Fsp3) is 0.556. The molecule has 5 nitrogen and oxygen atoms in total. The van der Waals surface area contributed by atoms with E-state index in [-0.39, 0.29) is 35.7 Å². The summed E-state index contributed by atoms with van der Waals surface area (Å²) in [4.78, 5) is 26.3. The predicted molar refractivity (Wildman–Crippen MR) is 93.9 cm³/mol. The Morgan fingerprint density at radius 3 is 2.54 bits per heavy atom. The van der Waals surface area contributed by atoms with Gasteiger partial charge in [-0.05, 0) is 35.8 Å². The smallest absolute Gasteiger partial charge is 0.240 e. The van der Waals surface area contributed by atoms with Gasteiger partial charge >= 0.3 is 0 Å². The molecule has 3 heterocycles. The molecule has 1 aromatic carbocycles. The number of hydrogen-bond acceptors (Lipinski definition) is 3. The average molecular weight is 350 g/mol. The summed E-state index contributed by atoms with van der Waals surface area (Å²) < 4.78 is 0. The van der Waals surface area contributed by atoms with E-state index < -0.39 is 0 Å². The molecule has 0 bridgehead atoms. The van der Waals surface area contributed by atoms with Gasteiger partial charge in [-0.2, -0.15) is 0 Å². The van der Waals surface area contributed by atoms with E-state index >= 15 is 0 Å². The van der Waals surface area contributed by atoms with Gasteiger partial charge in [0, 0.05) is 32.6 Å². The third kappa shape index (κ3) is 3.15. The van der Waals surface area contributed by atoms with Crippen LogP contribution in [0, 0.1) is 5.41 Å². The summed E-state index contributed by atoms with van der Waals surface area (Å²) in [7, 11) is 0. The Bertz CT molecular complexity index is 641. The van der Waals surface area contributed by atoms with Crippen LogP contribution in [0.15, 0.2) is 24.3 Å². The van der Waals surface area contributed by atoms with Crippen LogP contribution >= 0.6 is 12.4 Å². The maximum atomic E-state index is 12.8. The standard InChI is InChI=1S/C18H23N3O2.ClH/c22-16-10-18(12-20-16)5-7-21(8-6-18)17(23)15-9-13-3-1-2-4-14(13)11-19-15;/h1-4,15,19H,5-12H2,(H,20,22);1H/t15-;/m1./s1. The molecule has 24 heavy (non-hydrogen) atoms. The number of nitrogens with one attached hydrogen (secondary N) is 2. The number of nitrogens with zero attached hydrogens (tertiary/aromatic N) is 1. The summed E-state index contributed by atoms with van der Waals surface area (Å²) in [5.41, 5.74) is 2.67. The molecule has 4 rings (SSSR count). The second kappa shape index (κ2) is 6.73. The van der Waals surface area contributed by atoms with Crippen molar-refractivity contribution < 1.29 is 9.59 Å². The number of hydrogen-bond donors (Lipinski definition) is 2. The SMILES string of the molecule is Cl.O=C1CC2(CCN(C(=O)[C@H]3Cc4ccccc4CN3)CC2)CN1. The van der Waals surface area contributed by atoms with Gasteiger partial charge in [0.2, 0.25) is 11.8 Å². The summed E-state index contributed by atoms with van der Waals surface area (Å²) in [6.45, 7) is 3.09. The molecule has 1 aromatic rings. The molecule has 2 fully saturated rings. The van der Waals surface area contributed by atoms with Gasteiger partial charge < -0.3 is 15.5 Å². The molecule has 6 heteroatoms. The molecule has 2 amide bonds. The quantitative estimate of drug-likeness (QED) is 0.802. The number of benzene rings is 1. The molecule has 2 N–H and O–H groups in total. The molecule has 3 aliphatic heterocycles. The molecule has 1 spiro atoms. The van der Waals surface area contributed by atoms with Crippen molar-refractivity contribution in [3.63, 3.8) is 0 Å². The van der Waals surface area contributed by atoms with Gasteiger partial charge in [0.05, 0.1) is 6.04 Å². The average Bonchev–Trinajstić information content (AvgIpc) is 2.95. The Morgan fingerprint density at radius 2 is 1.88 bits per heavy atom. The molecular formula is C18H24ClN3O2. The lowest BCUT2D eigenvalue weighted by Gasteiger charge is -2.40. The first kappa shape index (κ1) is 17.2. The van der Waals surface area contributed by atoms with E-state index in [1.807, 2.05) is 17.0 Å². The van der Waals surface area contributed by atoms with Gasteiger partial charge in [-0.1, -0.05) is 24.3 Å². The van der Waals surface area contributed by atoms with Crippen molar-refractivity contribution in [1.29, 1.82) is 0 Å². The molecule has 3 aliphatic rings. The first-order chi connectivity index (χ1) is 11.2. The minimum atomic E-state index is -0.109. The summed E-state index contributed by atoms with van der Waals surface area (Å²) in [5, 5.41) is 6.33. The van der Waals surface area contributed by atoms with Crippen LogP contribution in [0.5, 0.6) is 0 Å². The van der Waals surface area contributed by atoms with Crippen LogP contribution in [0.25, 0.3) is 0 Å². The van der Waals surface area contributed by atoms with E-state index in [2.05, 4.69) is 22.8 Å². The van der Waals surface area contributed by atoms with E-state index in [4.69, 9.17) is 0 Å². The fourth-order valence-electron chi connectivity index (χ4n) is 4.16. The lowest BCUT2D eigenvalue weighted by molar-refractivity contribution is -0.135. The van der Waals surface area contributed by atoms with Crippen LogP contribution in [0.2, 0.25) is 0 Å². The first-order valence-electron chi connectivity index (χ1n) is 8.51. The third-order valence-corrected chi connectivity index (χ3v) is 5.71. The highest BCUT2D eigenvalue weighted by atomic mass is 35.5. The lowest BCUT2D eigenvalue weighted by Crippen LogP contribution is -2.53. The second-order valence-corrected chi connectivity index (χ2v) is 7.19. The number of carbonyl (C=O) groups is 2. The van der Waals surface area contributed by atoms with Gasteiger partial charge in [0.25, 0.3) is 0 Å². The molecule has 0 aliphatic carbocycles. The van der Waals surface area contributed by atoms with E-state index in [1.165, 1.54) is 11.1 Å². The van der Waals surface area contributed by atoms with E-state index in [0.717, 1.165) is 45.4 Å². The number of likely N-dealkylation sites (tertiary alicyclic amines) is 1. The Balaban J connectivity index is 0.00000169. The summed E-state index contributed by atoms with van der Waals surface area (Å²) >= 11 is 0. The largest absolute Gasteiger partial charge is 0.356 e. The summed E-state index contributed by atoms with van der Waals surface area (Å²) in [6, 6.07) is 8.22. The molecule has 1 atom stereocenters. The number of carbonyl (C=O) groups excluding carboxylic acids is 2. The van der Waals surface area contributed by atoms with Gasteiger partial charge in [0.15, 0.2) is 0 Å². The number of amides is 2. The van der Waals surface area contributed by atoms with Crippen molar-refractivity contribution in [2.75, 3.05) is 19.6 Å². The van der Waals surface area contributed by atoms with Crippen LogP contribution in [0.3, 0.4) is 0 Å². The van der Waals surface area contributed by atoms with Gasteiger partial charge in [-0.25, -0.2) is 0 Å².